The second-order valence-electron chi connectivity index (χ2n) is 4.27. The van der Waals surface area contributed by atoms with Gasteiger partial charge in [-0.2, -0.15) is 0 Å². The quantitative estimate of drug-likeness (QED) is 0.835. The molecular weight excluding hydrogens is 244 g/mol. The third-order valence-corrected chi connectivity index (χ3v) is 2.75. The van der Waals surface area contributed by atoms with Gasteiger partial charge in [0.2, 0.25) is 0 Å². The van der Waals surface area contributed by atoms with Crippen molar-refractivity contribution in [1.82, 2.24) is 0 Å². The SMILES string of the molecule is COCC(O)COC(=O)c1ccc2ccccc2c1. The number of carbonyl (C=O) groups excluding carboxylic acids is 1. The van der Waals surface area contributed by atoms with Crippen LogP contribution in [-0.4, -0.2) is 37.5 Å². The first-order chi connectivity index (χ1) is 9.20. The fourth-order valence-electron chi connectivity index (χ4n) is 1.81. The molecule has 0 saturated carbocycles. The number of rotatable bonds is 5. The fourth-order valence-corrected chi connectivity index (χ4v) is 1.81. The lowest BCUT2D eigenvalue weighted by molar-refractivity contribution is 0.000152. The van der Waals surface area contributed by atoms with Crippen LogP contribution >= 0.6 is 0 Å². The van der Waals surface area contributed by atoms with Crippen LogP contribution in [-0.2, 0) is 9.47 Å². The predicted molar refractivity (Wildman–Crippen MR) is 72.1 cm³/mol. The van der Waals surface area contributed by atoms with Crippen molar-refractivity contribution in [3.63, 3.8) is 0 Å². The van der Waals surface area contributed by atoms with Gasteiger partial charge in [-0.1, -0.05) is 30.3 Å². The summed E-state index contributed by atoms with van der Waals surface area (Å²) >= 11 is 0. The van der Waals surface area contributed by atoms with E-state index in [1.54, 1.807) is 12.1 Å². The lowest BCUT2D eigenvalue weighted by atomic mass is 10.1. The summed E-state index contributed by atoms with van der Waals surface area (Å²) in [6.45, 7) is 0.0739. The van der Waals surface area contributed by atoms with Gasteiger partial charge in [-0.25, -0.2) is 4.79 Å². The van der Waals surface area contributed by atoms with Crippen molar-refractivity contribution in [2.75, 3.05) is 20.3 Å². The van der Waals surface area contributed by atoms with Gasteiger partial charge in [0.05, 0.1) is 12.2 Å². The minimum absolute atomic E-state index is 0.0699. The van der Waals surface area contributed by atoms with Gasteiger partial charge in [0.1, 0.15) is 12.7 Å². The molecule has 0 aromatic heterocycles. The molecule has 0 aliphatic carbocycles. The van der Waals surface area contributed by atoms with Crippen molar-refractivity contribution in [2.24, 2.45) is 0 Å². The summed E-state index contributed by atoms with van der Waals surface area (Å²) in [7, 11) is 1.48. The summed E-state index contributed by atoms with van der Waals surface area (Å²) < 4.78 is 9.78. The Bertz CT molecular complexity index is 565. The second-order valence-corrected chi connectivity index (χ2v) is 4.27. The van der Waals surface area contributed by atoms with Gasteiger partial charge in [0, 0.05) is 7.11 Å². The van der Waals surface area contributed by atoms with Crippen LogP contribution in [0.2, 0.25) is 0 Å². The van der Waals surface area contributed by atoms with Crippen molar-refractivity contribution in [2.45, 2.75) is 6.10 Å². The third-order valence-electron chi connectivity index (χ3n) is 2.75. The molecule has 0 radical (unpaired) electrons. The van der Waals surface area contributed by atoms with Gasteiger partial charge in [-0.3, -0.25) is 0 Å². The molecule has 0 aliphatic rings. The van der Waals surface area contributed by atoms with Gasteiger partial charge < -0.3 is 14.6 Å². The van der Waals surface area contributed by atoms with E-state index in [2.05, 4.69) is 0 Å². The zero-order valence-corrected chi connectivity index (χ0v) is 10.7. The molecular formula is C15H16O4. The van der Waals surface area contributed by atoms with Crippen LogP contribution in [0.1, 0.15) is 10.4 Å². The van der Waals surface area contributed by atoms with Crippen molar-refractivity contribution in [3.8, 4) is 0 Å². The van der Waals surface area contributed by atoms with Gasteiger partial charge >= 0.3 is 5.97 Å². The molecule has 1 atom stereocenters. The molecule has 4 nitrogen and oxygen atoms in total. The highest BCUT2D eigenvalue weighted by Gasteiger charge is 2.11. The highest BCUT2D eigenvalue weighted by atomic mass is 16.5. The summed E-state index contributed by atoms with van der Waals surface area (Å²) in [5.41, 5.74) is 0.475. The maximum absolute atomic E-state index is 11.8. The molecule has 2 rings (SSSR count). The minimum Gasteiger partial charge on any atom is -0.459 e. The molecule has 1 unspecified atom stereocenters. The molecule has 0 aliphatic heterocycles. The molecule has 0 heterocycles. The van der Waals surface area contributed by atoms with Crippen molar-refractivity contribution < 1.29 is 19.4 Å². The first-order valence-electron chi connectivity index (χ1n) is 6.03. The van der Waals surface area contributed by atoms with Crippen LogP contribution < -0.4 is 0 Å². The van der Waals surface area contributed by atoms with Crippen LogP contribution in [0.5, 0.6) is 0 Å². The average molecular weight is 260 g/mol. The predicted octanol–water partition coefficient (Wildman–Crippen LogP) is 2.00. The summed E-state index contributed by atoms with van der Waals surface area (Å²) in [5.74, 6) is -0.444. The summed E-state index contributed by atoms with van der Waals surface area (Å²) in [4.78, 5) is 11.8. The molecule has 0 amide bonds. The summed E-state index contributed by atoms with van der Waals surface area (Å²) in [5, 5.41) is 11.5. The maximum Gasteiger partial charge on any atom is 0.338 e. The zero-order valence-electron chi connectivity index (χ0n) is 10.7. The van der Waals surface area contributed by atoms with Gasteiger partial charge in [0.25, 0.3) is 0 Å². The van der Waals surface area contributed by atoms with Crippen LogP contribution in [0.3, 0.4) is 0 Å². The first kappa shape index (κ1) is 13.5. The molecule has 2 aromatic carbocycles. The van der Waals surface area contributed by atoms with E-state index in [1.807, 2.05) is 30.3 Å². The maximum atomic E-state index is 11.8. The lowest BCUT2D eigenvalue weighted by Gasteiger charge is -2.10. The molecule has 0 saturated heterocycles. The molecule has 100 valence electrons. The number of aliphatic hydroxyl groups is 1. The van der Waals surface area contributed by atoms with E-state index in [9.17, 15) is 9.90 Å². The fraction of sp³-hybridized carbons (Fsp3) is 0.267. The van der Waals surface area contributed by atoms with Gasteiger partial charge in [0.15, 0.2) is 0 Å². The first-order valence-corrected chi connectivity index (χ1v) is 6.03. The lowest BCUT2D eigenvalue weighted by Crippen LogP contribution is -2.23. The topological polar surface area (TPSA) is 55.8 Å². The molecule has 1 N–H and O–H groups in total. The Labute approximate surface area is 111 Å². The van der Waals surface area contributed by atoms with E-state index >= 15 is 0 Å². The summed E-state index contributed by atoms with van der Waals surface area (Å²) in [6, 6.07) is 13.1. The molecule has 4 heteroatoms. The third kappa shape index (κ3) is 3.53. The van der Waals surface area contributed by atoms with Crippen molar-refractivity contribution >= 4 is 16.7 Å². The van der Waals surface area contributed by atoms with E-state index in [0.717, 1.165) is 10.8 Å². The monoisotopic (exact) mass is 260 g/mol. The number of ether oxygens (including phenoxy) is 2. The number of methoxy groups -OCH3 is 1. The molecule has 2 aromatic rings. The molecule has 19 heavy (non-hydrogen) atoms. The van der Waals surface area contributed by atoms with E-state index in [1.165, 1.54) is 7.11 Å². The Hall–Kier alpha value is -1.91. The number of carbonyl (C=O) groups is 1. The minimum atomic E-state index is -0.797. The normalized spacial score (nSPS) is 12.3. The Balaban J connectivity index is 2.05. The van der Waals surface area contributed by atoms with Crippen molar-refractivity contribution in [1.29, 1.82) is 0 Å². The smallest absolute Gasteiger partial charge is 0.338 e. The number of hydrogen-bond donors (Lipinski definition) is 1. The standard InChI is InChI=1S/C15H16O4/c1-18-9-14(16)10-19-15(17)13-7-6-11-4-2-3-5-12(11)8-13/h2-8,14,16H,9-10H2,1H3. The molecule has 0 spiro atoms. The van der Waals surface area contributed by atoms with Crippen molar-refractivity contribution in [3.05, 3.63) is 48.0 Å². The molecule has 0 bridgehead atoms. The van der Waals surface area contributed by atoms with Gasteiger partial charge in [-0.15, -0.1) is 0 Å². The average Bonchev–Trinajstić information content (AvgIpc) is 2.44. The number of esters is 1. The number of aliphatic hydroxyl groups excluding tert-OH is 1. The molecule has 0 fully saturated rings. The second kappa shape index (κ2) is 6.31. The largest absolute Gasteiger partial charge is 0.459 e. The van der Waals surface area contributed by atoms with Crippen LogP contribution in [0, 0.1) is 0 Å². The number of fused-ring (bicyclic) bond motifs is 1. The number of hydrogen-bond acceptors (Lipinski definition) is 4. The Morgan fingerprint density at radius 3 is 2.63 bits per heavy atom. The van der Waals surface area contributed by atoms with Crippen LogP contribution in [0.25, 0.3) is 10.8 Å². The summed E-state index contributed by atoms with van der Waals surface area (Å²) in [6.07, 6.45) is -0.797. The van der Waals surface area contributed by atoms with Crippen LogP contribution in [0.4, 0.5) is 0 Å². The van der Waals surface area contributed by atoms with E-state index in [-0.39, 0.29) is 13.2 Å². The number of benzene rings is 2. The Morgan fingerprint density at radius 2 is 1.89 bits per heavy atom. The van der Waals surface area contributed by atoms with E-state index < -0.39 is 12.1 Å². The van der Waals surface area contributed by atoms with E-state index in [0.29, 0.717) is 5.56 Å². The Morgan fingerprint density at radius 1 is 1.16 bits per heavy atom. The highest BCUT2D eigenvalue weighted by molar-refractivity contribution is 5.95. The highest BCUT2D eigenvalue weighted by Crippen LogP contribution is 2.16. The van der Waals surface area contributed by atoms with Gasteiger partial charge in [-0.05, 0) is 22.9 Å². The van der Waals surface area contributed by atoms with E-state index in [4.69, 9.17) is 9.47 Å². The zero-order chi connectivity index (χ0) is 13.7. The Kier molecular flexibility index (Phi) is 4.49. The van der Waals surface area contributed by atoms with Crippen LogP contribution in [0.15, 0.2) is 42.5 Å².